The lowest BCUT2D eigenvalue weighted by Gasteiger charge is -2.17. The van der Waals surface area contributed by atoms with Gasteiger partial charge in [0.1, 0.15) is 12.4 Å². The molecule has 1 aromatic carbocycles. The summed E-state index contributed by atoms with van der Waals surface area (Å²) < 4.78 is 11.0. The van der Waals surface area contributed by atoms with Gasteiger partial charge in [0.2, 0.25) is 0 Å². The van der Waals surface area contributed by atoms with E-state index in [0.717, 1.165) is 29.5 Å². The topological polar surface area (TPSA) is 67.8 Å². The van der Waals surface area contributed by atoms with Crippen LogP contribution < -0.4 is 15.4 Å². The lowest BCUT2D eigenvalue weighted by atomic mass is 10.2. The standard InChI is InChI=1S/C20H28N4O2/c1-4-21-20(24-16(2)14-25-3)23-13-17-8-7-10-19(12-17)26-15-18-9-5-6-11-22-18/h5-12,16H,4,13-15H2,1-3H3,(H2,21,23,24). The van der Waals surface area contributed by atoms with E-state index in [0.29, 0.717) is 19.8 Å². The molecule has 1 atom stereocenters. The number of benzene rings is 1. The number of hydrogen-bond acceptors (Lipinski definition) is 4. The van der Waals surface area contributed by atoms with Crippen molar-refractivity contribution in [1.82, 2.24) is 15.6 Å². The van der Waals surface area contributed by atoms with Crippen LogP contribution in [0, 0.1) is 0 Å². The van der Waals surface area contributed by atoms with Crippen molar-refractivity contribution in [1.29, 1.82) is 0 Å². The highest BCUT2D eigenvalue weighted by Gasteiger charge is 2.05. The Morgan fingerprint density at radius 3 is 2.85 bits per heavy atom. The summed E-state index contributed by atoms with van der Waals surface area (Å²) in [6, 6.07) is 14.0. The maximum absolute atomic E-state index is 5.82. The van der Waals surface area contributed by atoms with Gasteiger partial charge in [-0.2, -0.15) is 0 Å². The largest absolute Gasteiger partial charge is 0.487 e. The van der Waals surface area contributed by atoms with Gasteiger partial charge < -0.3 is 20.1 Å². The highest BCUT2D eigenvalue weighted by molar-refractivity contribution is 5.80. The monoisotopic (exact) mass is 356 g/mol. The van der Waals surface area contributed by atoms with Crippen molar-refractivity contribution in [3.63, 3.8) is 0 Å². The number of guanidine groups is 1. The molecule has 0 spiro atoms. The highest BCUT2D eigenvalue weighted by atomic mass is 16.5. The highest BCUT2D eigenvalue weighted by Crippen LogP contribution is 2.15. The maximum Gasteiger partial charge on any atom is 0.191 e. The SMILES string of the molecule is CCNC(=NCc1cccc(OCc2ccccn2)c1)NC(C)COC. The Morgan fingerprint density at radius 1 is 1.23 bits per heavy atom. The van der Waals surface area contributed by atoms with Gasteiger partial charge in [-0.1, -0.05) is 18.2 Å². The number of hydrogen-bond donors (Lipinski definition) is 2. The molecule has 0 amide bonds. The van der Waals surface area contributed by atoms with E-state index >= 15 is 0 Å². The number of ether oxygens (including phenoxy) is 2. The summed E-state index contributed by atoms with van der Waals surface area (Å²) >= 11 is 0. The number of nitrogens with one attached hydrogen (secondary N) is 2. The second-order valence-electron chi connectivity index (χ2n) is 5.95. The Hall–Kier alpha value is -2.60. The average Bonchev–Trinajstić information content (AvgIpc) is 2.66. The van der Waals surface area contributed by atoms with Gasteiger partial charge in [-0.15, -0.1) is 0 Å². The molecule has 2 rings (SSSR count). The van der Waals surface area contributed by atoms with Gasteiger partial charge in [-0.25, -0.2) is 4.99 Å². The van der Waals surface area contributed by atoms with Crippen LogP contribution in [-0.2, 0) is 17.9 Å². The van der Waals surface area contributed by atoms with Crippen molar-refractivity contribution < 1.29 is 9.47 Å². The van der Waals surface area contributed by atoms with E-state index in [-0.39, 0.29) is 6.04 Å². The Labute approximate surface area is 155 Å². The first kappa shape index (κ1) is 19.7. The van der Waals surface area contributed by atoms with Crippen LogP contribution in [0.5, 0.6) is 5.75 Å². The van der Waals surface area contributed by atoms with Gasteiger partial charge in [0.25, 0.3) is 0 Å². The number of pyridine rings is 1. The molecule has 0 saturated heterocycles. The van der Waals surface area contributed by atoms with E-state index in [2.05, 4.69) is 27.5 Å². The maximum atomic E-state index is 5.82. The first-order chi connectivity index (χ1) is 12.7. The van der Waals surface area contributed by atoms with Gasteiger partial charge in [0.15, 0.2) is 5.96 Å². The molecule has 0 aliphatic rings. The minimum atomic E-state index is 0.186. The number of rotatable bonds is 9. The first-order valence-electron chi connectivity index (χ1n) is 8.86. The van der Waals surface area contributed by atoms with Crippen molar-refractivity contribution in [3.8, 4) is 5.75 Å². The number of aliphatic imine (C=N–C) groups is 1. The molecule has 0 bridgehead atoms. The molecule has 6 heteroatoms. The molecular formula is C20H28N4O2. The molecule has 0 aliphatic carbocycles. The van der Waals surface area contributed by atoms with Crippen LogP contribution in [0.3, 0.4) is 0 Å². The van der Waals surface area contributed by atoms with Crippen molar-refractivity contribution in [2.75, 3.05) is 20.3 Å². The molecule has 0 saturated carbocycles. The Bertz CT molecular complexity index is 677. The van der Waals surface area contributed by atoms with Crippen molar-refractivity contribution >= 4 is 5.96 Å². The van der Waals surface area contributed by atoms with Crippen LogP contribution in [-0.4, -0.2) is 37.2 Å². The zero-order valence-corrected chi connectivity index (χ0v) is 15.7. The van der Waals surface area contributed by atoms with Gasteiger partial charge in [0, 0.05) is 25.9 Å². The minimum absolute atomic E-state index is 0.186. The number of nitrogens with zero attached hydrogens (tertiary/aromatic N) is 2. The zero-order chi connectivity index (χ0) is 18.6. The molecular weight excluding hydrogens is 328 g/mol. The first-order valence-corrected chi connectivity index (χ1v) is 8.86. The molecule has 140 valence electrons. The van der Waals surface area contributed by atoms with E-state index < -0.39 is 0 Å². The average molecular weight is 356 g/mol. The molecule has 1 unspecified atom stereocenters. The fourth-order valence-electron chi connectivity index (χ4n) is 2.39. The third-order valence-corrected chi connectivity index (χ3v) is 3.58. The normalized spacial score (nSPS) is 12.5. The fourth-order valence-corrected chi connectivity index (χ4v) is 2.39. The summed E-state index contributed by atoms with van der Waals surface area (Å²) in [5, 5.41) is 6.57. The van der Waals surface area contributed by atoms with E-state index in [1.807, 2.05) is 49.4 Å². The van der Waals surface area contributed by atoms with Gasteiger partial charge in [0.05, 0.1) is 18.8 Å². The third kappa shape index (κ3) is 7.11. The van der Waals surface area contributed by atoms with Gasteiger partial charge in [-0.3, -0.25) is 4.98 Å². The molecule has 2 N–H and O–H groups in total. The summed E-state index contributed by atoms with van der Waals surface area (Å²) in [7, 11) is 1.69. The third-order valence-electron chi connectivity index (χ3n) is 3.58. The lowest BCUT2D eigenvalue weighted by Crippen LogP contribution is -2.43. The predicted octanol–water partition coefficient (Wildman–Crippen LogP) is 2.75. The van der Waals surface area contributed by atoms with Crippen LogP contribution in [0.15, 0.2) is 53.7 Å². The Morgan fingerprint density at radius 2 is 2.12 bits per heavy atom. The van der Waals surface area contributed by atoms with Crippen molar-refractivity contribution in [2.45, 2.75) is 33.0 Å². The van der Waals surface area contributed by atoms with E-state index in [1.165, 1.54) is 0 Å². The van der Waals surface area contributed by atoms with Crippen LogP contribution in [0.1, 0.15) is 25.1 Å². The predicted molar refractivity (Wildman–Crippen MR) is 104 cm³/mol. The van der Waals surface area contributed by atoms with Crippen LogP contribution in [0.2, 0.25) is 0 Å². The molecule has 1 heterocycles. The number of aromatic nitrogens is 1. The van der Waals surface area contributed by atoms with Gasteiger partial charge in [-0.05, 0) is 43.7 Å². The molecule has 0 radical (unpaired) electrons. The van der Waals surface area contributed by atoms with Crippen LogP contribution in [0.4, 0.5) is 0 Å². The van der Waals surface area contributed by atoms with Crippen LogP contribution in [0.25, 0.3) is 0 Å². The van der Waals surface area contributed by atoms with Crippen molar-refractivity contribution in [2.24, 2.45) is 4.99 Å². The quantitative estimate of drug-likeness (QED) is 0.534. The summed E-state index contributed by atoms with van der Waals surface area (Å²) in [6.07, 6.45) is 1.77. The lowest BCUT2D eigenvalue weighted by molar-refractivity contribution is 0.179. The molecule has 26 heavy (non-hydrogen) atoms. The summed E-state index contributed by atoms with van der Waals surface area (Å²) in [4.78, 5) is 8.90. The van der Waals surface area contributed by atoms with Crippen molar-refractivity contribution in [3.05, 3.63) is 59.9 Å². The van der Waals surface area contributed by atoms with Gasteiger partial charge >= 0.3 is 0 Å². The molecule has 6 nitrogen and oxygen atoms in total. The van der Waals surface area contributed by atoms with E-state index in [9.17, 15) is 0 Å². The smallest absolute Gasteiger partial charge is 0.191 e. The molecule has 2 aromatic rings. The summed E-state index contributed by atoms with van der Waals surface area (Å²) in [6.45, 7) is 6.55. The molecule has 1 aromatic heterocycles. The molecule has 0 fully saturated rings. The number of methoxy groups -OCH3 is 1. The second-order valence-corrected chi connectivity index (χ2v) is 5.95. The summed E-state index contributed by atoms with van der Waals surface area (Å²) in [5.74, 6) is 1.59. The zero-order valence-electron chi connectivity index (χ0n) is 15.7. The second kappa shape index (κ2) is 11.1. The Balaban J connectivity index is 1.94. The van der Waals surface area contributed by atoms with E-state index in [4.69, 9.17) is 9.47 Å². The Kier molecular flexibility index (Phi) is 8.42. The van der Waals surface area contributed by atoms with E-state index in [1.54, 1.807) is 13.3 Å². The minimum Gasteiger partial charge on any atom is -0.487 e. The fraction of sp³-hybridized carbons (Fsp3) is 0.400. The van der Waals surface area contributed by atoms with Crippen LogP contribution >= 0.6 is 0 Å². The molecule has 0 aliphatic heterocycles. The summed E-state index contributed by atoms with van der Waals surface area (Å²) in [5.41, 5.74) is 1.99.